The summed E-state index contributed by atoms with van der Waals surface area (Å²) < 4.78 is 0. The lowest BCUT2D eigenvalue weighted by molar-refractivity contribution is 0.490. The highest BCUT2D eigenvalue weighted by molar-refractivity contribution is 5.27. The summed E-state index contributed by atoms with van der Waals surface area (Å²) in [7, 11) is 0. The van der Waals surface area contributed by atoms with E-state index in [1.807, 2.05) is 0 Å². The van der Waals surface area contributed by atoms with E-state index in [0.717, 1.165) is 0 Å². The molecular formula is C13H24. The third-order valence-corrected chi connectivity index (χ3v) is 2.54. The molecule has 0 spiro atoms. The quantitative estimate of drug-likeness (QED) is 0.518. The molecule has 0 aromatic heterocycles. The van der Waals surface area contributed by atoms with Crippen LogP contribution in [-0.2, 0) is 0 Å². The van der Waals surface area contributed by atoms with Gasteiger partial charge in [-0.15, -0.1) is 0 Å². The summed E-state index contributed by atoms with van der Waals surface area (Å²) in [6, 6.07) is 0. The second-order valence-corrected chi connectivity index (χ2v) is 5.85. The molecule has 76 valence electrons. The van der Waals surface area contributed by atoms with E-state index >= 15 is 0 Å². The topological polar surface area (TPSA) is 0 Å². The van der Waals surface area contributed by atoms with Gasteiger partial charge in [-0.2, -0.15) is 0 Å². The average molecular weight is 180 g/mol. The zero-order valence-corrected chi connectivity index (χ0v) is 10.3. The SMILES string of the molecule is C=C(/C=C(\C)C(C)(C)C)C(C)(C)C. The van der Waals surface area contributed by atoms with Crippen LogP contribution < -0.4 is 0 Å². The Morgan fingerprint density at radius 2 is 1.31 bits per heavy atom. The van der Waals surface area contributed by atoms with Crippen LogP contribution in [0.15, 0.2) is 23.8 Å². The molecule has 0 fully saturated rings. The van der Waals surface area contributed by atoms with Crippen LogP contribution in [-0.4, -0.2) is 0 Å². The largest absolute Gasteiger partial charge is 0.0953 e. The van der Waals surface area contributed by atoms with Crippen LogP contribution in [0.4, 0.5) is 0 Å². The van der Waals surface area contributed by atoms with Crippen LogP contribution in [0.2, 0.25) is 0 Å². The van der Waals surface area contributed by atoms with E-state index in [2.05, 4.69) is 61.1 Å². The first-order chi connectivity index (χ1) is 5.55. The summed E-state index contributed by atoms with van der Waals surface area (Å²) in [5.74, 6) is 0. The van der Waals surface area contributed by atoms with Gasteiger partial charge in [-0.1, -0.05) is 59.8 Å². The third-order valence-electron chi connectivity index (χ3n) is 2.54. The zero-order chi connectivity index (χ0) is 10.9. The Kier molecular flexibility index (Phi) is 3.54. The van der Waals surface area contributed by atoms with Crippen molar-refractivity contribution >= 4 is 0 Å². The summed E-state index contributed by atoms with van der Waals surface area (Å²) >= 11 is 0. The maximum Gasteiger partial charge on any atom is -0.0138 e. The van der Waals surface area contributed by atoms with Gasteiger partial charge in [0.15, 0.2) is 0 Å². The Balaban J connectivity index is 4.70. The second-order valence-electron chi connectivity index (χ2n) is 5.85. The summed E-state index contributed by atoms with van der Waals surface area (Å²) in [6.45, 7) is 19.6. The molecular weight excluding hydrogens is 156 g/mol. The lowest BCUT2D eigenvalue weighted by Crippen LogP contribution is -2.11. The monoisotopic (exact) mass is 180 g/mol. The molecule has 0 aliphatic heterocycles. The molecule has 0 radical (unpaired) electrons. The minimum atomic E-state index is 0.187. The van der Waals surface area contributed by atoms with Crippen LogP contribution in [0.25, 0.3) is 0 Å². The maximum atomic E-state index is 4.10. The van der Waals surface area contributed by atoms with Gasteiger partial charge in [-0.25, -0.2) is 0 Å². The molecule has 0 aromatic carbocycles. The first kappa shape index (κ1) is 12.5. The standard InChI is InChI=1S/C13H24/c1-10(12(3,4)5)9-11(2)13(6,7)8/h9H,1H2,2-8H3/b11-9+. The molecule has 13 heavy (non-hydrogen) atoms. The van der Waals surface area contributed by atoms with Crippen molar-refractivity contribution in [2.75, 3.05) is 0 Å². The highest BCUT2D eigenvalue weighted by Gasteiger charge is 2.17. The molecule has 0 saturated heterocycles. The van der Waals surface area contributed by atoms with E-state index in [-0.39, 0.29) is 10.8 Å². The molecule has 0 aliphatic carbocycles. The van der Waals surface area contributed by atoms with Gasteiger partial charge in [0.2, 0.25) is 0 Å². The van der Waals surface area contributed by atoms with Crippen LogP contribution in [0.3, 0.4) is 0 Å². The van der Waals surface area contributed by atoms with Crippen molar-refractivity contribution in [1.82, 2.24) is 0 Å². The molecule has 0 atom stereocenters. The number of allylic oxidation sites excluding steroid dienone is 3. The van der Waals surface area contributed by atoms with Gasteiger partial charge in [0, 0.05) is 0 Å². The summed E-state index contributed by atoms with van der Waals surface area (Å²) in [4.78, 5) is 0. The molecule has 0 N–H and O–H groups in total. The van der Waals surface area contributed by atoms with E-state index in [1.165, 1.54) is 11.1 Å². The fourth-order valence-electron chi connectivity index (χ4n) is 0.694. The Morgan fingerprint density at radius 1 is 0.923 bits per heavy atom. The summed E-state index contributed by atoms with van der Waals surface area (Å²) in [5.41, 5.74) is 3.05. The predicted octanol–water partition coefficient (Wildman–Crippen LogP) is 4.58. The maximum absolute atomic E-state index is 4.10. The molecule has 0 unspecified atom stereocenters. The van der Waals surface area contributed by atoms with Crippen molar-refractivity contribution in [2.45, 2.75) is 48.5 Å². The van der Waals surface area contributed by atoms with Gasteiger partial charge in [-0.05, 0) is 23.3 Å². The van der Waals surface area contributed by atoms with Gasteiger partial charge >= 0.3 is 0 Å². The van der Waals surface area contributed by atoms with Crippen molar-refractivity contribution in [1.29, 1.82) is 0 Å². The van der Waals surface area contributed by atoms with Crippen molar-refractivity contribution < 1.29 is 0 Å². The van der Waals surface area contributed by atoms with Crippen LogP contribution in [0.1, 0.15) is 48.5 Å². The van der Waals surface area contributed by atoms with Crippen LogP contribution in [0.5, 0.6) is 0 Å². The van der Waals surface area contributed by atoms with Crippen molar-refractivity contribution in [2.24, 2.45) is 10.8 Å². The van der Waals surface area contributed by atoms with Gasteiger partial charge in [0.05, 0.1) is 0 Å². The Morgan fingerprint density at radius 3 is 1.54 bits per heavy atom. The predicted molar refractivity (Wildman–Crippen MR) is 61.8 cm³/mol. The van der Waals surface area contributed by atoms with E-state index in [1.54, 1.807) is 0 Å². The van der Waals surface area contributed by atoms with E-state index in [4.69, 9.17) is 0 Å². The fraction of sp³-hybridized carbons (Fsp3) is 0.692. The Bertz CT molecular complexity index is 215. The third kappa shape index (κ3) is 4.31. The average Bonchev–Trinajstić information content (AvgIpc) is 1.82. The summed E-state index contributed by atoms with van der Waals surface area (Å²) in [5, 5.41) is 0. The van der Waals surface area contributed by atoms with Crippen molar-refractivity contribution in [3.05, 3.63) is 23.8 Å². The van der Waals surface area contributed by atoms with Gasteiger partial charge in [0.25, 0.3) is 0 Å². The molecule has 0 amide bonds. The fourth-order valence-corrected chi connectivity index (χ4v) is 0.694. The second kappa shape index (κ2) is 3.69. The van der Waals surface area contributed by atoms with E-state index < -0.39 is 0 Å². The lowest BCUT2D eigenvalue weighted by atomic mass is 9.81. The summed E-state index contributed by atoms with van der Waals surface area (Å²) in [6.07, 6.45) is 2.22. The van der Waals surface area contributed by atoms with Crippen LogP contribution >= 0.6 is 0 Å². The lowest BCUT2D eigenvalue weighted by Gasteiger charge is -2.24. The minimum absolute atomic E-state index is 0.187. The van der Waals surface area contributed by atoms with E-state index in [0.29, 0.717) is 0 Å². The molecule has 0 heterocycles. The highest BCUT2D eigenvalue weighted by atomic mass is 14.2. The molecule has 0 nitrogen and oxygen atoms in total. The molecule has 0 saturated carbocycles. The molecule has 0 rings (SSSR count). The van der Waals surface area contributed by atoms with Gasteiger partial charge < -0.3 is 0 Å². The zero-order valence-electron chi connectivity index (χ0n) is 10.3. The first-order valence-electron chi connectivity index (χ1n) is 4.93. The Hall–Kier alpha value is -0.520. The Labute approximate surface area is 83.7 Å². The van der Waals surface area contributed by atoms with Gasteiger partial charge in [-0.3, -0.25) is 0 Å². The van der Waals surface area contributed by atoms with Crippen molar-refractivity contribution in [3.63, 3.8) is 0 Å². The molecule has 0 bridgehead atoms. The smallest absolute Gasteiger partial charge is 0.0138 e. The van der Waals surface area contributed by atoms with Gasteiger partial charge in [0.1, 0.15) is 0 Å². The highest BCUT2D eigenvalue weighted by Crippen LogP contribution is 2.30. The van der Waals surface area contributed by atoms with E-state index in [9.17, 15) is 0 Å². The normalized spacial score (nSPS) is 14.5. The first-order valence-corrected chi connectivity index (χ1v) is 4.93. The number of hydrogen-bond acceptors (Lipinski definition) is 0. The minimum Gasteiger partial charge on any atom is -0.0953 e. The molecule has 0 aliphatic rings. The van der Waals surface area contributed by atoms with Crippen LogP contribution in [0, 0.1) is 10.8 Å². The number of hydrogen-bond donors (Lipinski definition) is 0. The number of rotatable bonds is 1. The molecule has 0 aromatic rings. The molecule has 0 heteroatoms. The van der Waals surface area contributed by atoms with Crippen molar-refractivity contribution in [3.8, 4) is 0 Å².